The summed E-state index contributed by atoms with van der Waals surface area (Å²) in [6.07, 6.45) is 2.54. The molecule has 2 rings (SSSR count). The molecule has 0 aliphatic heterocycles. The Hall–Kier alpha value is -2.22. The summed E-state index contributed by atoms with van der Waals surface area (Å²) in [4.78, 5) is 6.24. The van der Waals surface area contributed by atoms with Gasteiger partial charge in [-0.2, -0.15) is 8.42 Å². The van der Waals surface area contributed by atoms with Crippen LogP contribution in [0.4, 0.5) is 5.69 Å². The first kappa shape index (κ1) is 14.2. The van der Waals surface area contributed by atoms with Gasteiger partial charge in [0.15, 0.2) is 16.5 Å². The van der Waals surface area contributed by atoms with Gasteiger partial charge in [0, 0.05) is 6.07 Å². The third-order valence-corrected chi connectivity index (χ3v) is 4.03. The highest BCUT2D eigenvalue weighted by atomic mass is 32.2. The molecule has 0 radical (unpaired) electrons. The van der Waals surface area contributed by atoms with Crippen LogP contribution in [0.5, 0.6) is 11.5 Å². The van der Waals surface area contributed by atoms with Gasteiger partial charge in [0.05, 0.1) is 32.4 Å². The summed E-state index contributed by atoms with van der Waals surface area (Å²) in [5.74, 6) is 0.981. The van der Waals surface area contributed by atoms with Crippen LogP contribution in [0.1, 0.15) is 5.56 Å². The molecule has 0 aliphatic carbocycles. The lowest BCUT2D eigenvalue weighted by atomic mass is 10.2. The summed E-state index contributed by atoms with van der Waals surface area (Å²) in [7, 11) is -0.695. The van der Waals surface area contributed by atoms with Crippen LogP contribution in [-0.4, -0.2) is 32.6 Å². The van der Waals surface area contributed by atoms with E-state index < -0.39 is 10.0 Å². The lowest BCUT2D eigenvalue weighted by molar-refractivity contribution is 0.355. The molecule has 0 saturated heterocycles. The van der Waals surface area contributed by atoms with Crippen LogP contribution in [0.2, 0.25) is 0 Å². The number of rotatable bonds is 5. The molecule has 108 valence electrons. The van der Waals surface area contributed by atoms with E-state index in [1.807, 2.05) is 0 Å². The fourth-order valence-corrected chi connectivity index (χ4v) is 2.71. The highest BCUT2D eigenvalue weighted by molar-refractivity contribution is 7.92. The maximum atomic E-state index is 12.1. The number of hydrogen-bond donors (Lipinski definition) is 2. The molecule has 0 fully saturated rings. The van der Waals surface area contributed by atoms with Gasteiger partial charge in [-0.1, -0.05) is 0 Å². The van der Waals surface area contributed by atoms with Gasteiger partial charge in [0.1, 0.15) is 0 Å². The molecule has 0 spiro atoms. The van der Waals surface area contributed by atoms with Gasteiger partial charge in [-0.25, -0.2) is 4.98 Å². The van der Waals surface area contributed by atoms with Gasteiger partial charge in [0.2, 0.25) is 0 Å². The number of aromatic amines is 1. The molecule has 2 aromatic rings. The van der Waals surface area contributed by atoms with Crippen molar-refractivity contribution in [2.45, 2.75) is 11.9 Å². The molecule has 1 aromatic carbocycles. The Balaban J connectivity index is 2.39. The van der Waals surface area contributed by atoms with Gasteiger partial charge < -0.3 is 14.5 Å². The molecule has 7 nitrogen and oxygen atoms in total. The predicted molar refractivity (Wildman–Crippen MR) is 73.7 cm³/mol. The Bertz CT molecular complexity index is 696. The zero-order chi connectivity index (χ0) is 14.8. The van der Waals surface area contributed by atoms with Crippen molar-refractivity contribution in [2.75, 3.05) is 18.9 Å². The number of aromatic nitrogens is 2. The normalized spacial score (nSPS) is 11.2. The molecule has 0 amide bonds. The standard InChI is InChI=1S/C12H15N3O4S/c1-8-4-10(18-2)11(19-3)5-9(8)15-20(16,17)12-6-13-7-14-12/h4-7,15H,1-3H3,(H,13,14). The third kappa shape index (κ3) is 2.69. The number of anilines is 1. The number of methoxy groups -OCH3 is 2. The van der Waals surface area contributed by atoms with E-state index in [1.54, 1.807) is 19.1 Å². The Morgan fingerprint density at radius 1 is 1.20 bits per heavy atom. The van der Waals surface area contributed by atoms with Crippen LogP contribution in [0, 0.1) is 6.92 Å². The van der Waals surface area contributed by atoms with Crippen molar-refractivity contribution >= 4 is 15.7 Å². The van der Waals surface area contributed by atoms with E-state index in [0.717, 1.165) is 0 Å². The van der Waals surface area contributed by atoms with Gasteiger partial charge >= 0.3 is 0 Å². The predicted octanol–water partition coefficient (Wildman–Crippen LogP) is 1.54. The second kappa shape index (κ2) is 5.41. The summed E-state index contributed by atoms with van der Waals surface area (Å²) in [6.45, 7) is 1.77. The monoisotopic (exact) mass is 297 g/mol. The van der Waals surface area contributed by atoms with Gasteiger partial charge in [0.25, 0.3) is 10.0 Å². The minimum absolute atomic E-state index is 0.00770. The smallest absolute Gasteiger partial charge is 0.278 e. The molecule has 0 unspecified atom stereocenters. The number of nitrogens with zero attached hydrogens (tertiary/aromatic N) is 1. The molecular formula is C12H15N3O4S. The van der Waals surface area contributed by atoms with Crippen molar-refractivity contribution in [1.82, 2.24) is 9.97 Å². The Kier molecular flexibility index (Phi) is 3.84. The molecular weight excluding hydrogens is 282 g/mol. The van der Waals surface area contributed by atoms with Crippen LogP contribution >= 0.6 is 0 Å². The maximum Gasteiger partial charge on any atom is 0.278 e. The van der Waals surface area contributed by atoms with E-state index in [2.05, 4.69) is 14.7 Å². The lowest BCUT2D eigenvalue weighted by Crippen LogP contribution is -2.14. The van der Waals surface area contributed by atoms with Crippen molar-refractivity contribution < 1.29 is 17.9 Å². The number of sulfonamides is 1. The highest BCUT2D eigenvalue weighted by Gasteiger charge is 2.18. The number of H-pyrrole nitrogens is 1. The van der Waals surface area contributed by atoms with Crippen LogP contribution in [0.15, 0.2) is 29.7 Å². The Labute approximate surface area is 117 Å². The first-order chi connectivity index (χ1) is 9.47. The number of hydrogen-bond acceptors (Lipinski definition) is 5. The zero-order valence-electron chi connectivity index (χ0n) is 11.3. The van der Waals surface area contributed by atoms with Crippen molar-refractivity contribution in [1.29, 1.82) is 0 Å². The summed E-state index contributed by atoms with van der Waals surface area (Å²) in [5, 5.41) is -0.00770. The van der Waals surface area contributed by atoms with Gasteiger partial charge in [-0.15, -0.1) is 0 Å². The number of imidazole rings is 1. The molecule has 0 saturated carbocycles. The van der Waals surface area contributed by atoms with Crippen molar-refractivity contribution in [3.8, 4) is 11.5 Å². The molecule has 1 heterocycles. The molecule has 1 aromatic heterocycles. The summed E-state index contributed by atoms with van der Waals surface area (Å²) < 4.78 is 37.0. The van der Waals surface area contributed by atoms with Crippen LogP contribution in [0.3, 0.4) is 0 Å². The topological polar surface area (TPSA) is 93.3 Å². The van der Waals surface area contributed by atoms with E-state index in [1.165, 1.54) is 26.7 Å². The first-order valence-corrected chi connectivity index (χ1v) is 7.20. The van der Waals surface area contributed by atoms with Crippen LogP contribution < -0.4 is 14.2 Å². The largest absolute Gasteiger partial charge is 0.493 e. The zero-order valence-corrected chi connectivity index (χ0v) is 12.1. The quantitative estimate of drug-likeness (QED) is 0.873. The van der Waals surface area contributed by atoms with Crippen LogP contribution in [-0.2, 0) is 10.0 Å². The minimum Gasteiger partial charge on any atom is -0.493 e. The summed E-state index contributed by atoms with van der Waals surface area (Å²) >= 11 is 0. The first-order valence-electron chi connectivity index (χ1n) is 5.71. The van der Waals surface area contributed by atoms with E-state index in [9.17, 15) is 8.42 Å². The van der Waals surface area contributed by atoms with E-state index >= 15 is 0 Å². The number of ether oxygens (including phenoxy) is 2. The van der Waals surface area contributed by atoms with Gasteiger partial charge in [-0.3, -0.25) is 4.72 Å². The number of aryl methyl sites for hydroxylation is 1. The maximum absolute atomic E-state index is 12.1. The average molecular weight is 297 g/mol. The van der Waals surface area contributed by atoms with Crippen molar-refractivity contribution in [2.24, 2.45) is 0 Å². The number of nitrogens with one attached hydrogen (secondary N) is 2. The average Bonchev–Trinajstić information content (AvgIpc) is 2.95. The van der Waals surface area contributed by atoms with Crippen molar-refractivity contribution in [3.63, 3.8) is 0 Å². The summed E-state index contributed by atoms with van der Waals surface area (Å²) in [5.41, 5.74) is 1.13. The summed E-state index contributed by atoms with van der Waals surface area (Å²) in [6, 6.07) is 3.27. The molecule has 20 heavy (non-hydrogen) atoms. The second-order valence-electron chi connectivity index (χ2n) is 4.04. The van der Waals surface area contributed by atoms with E-state index in [0.29, 0.717) is 22.7 Å². The SMILES string of the molecule is COc1cc(C)c(NS(=O)(=O)c2cnc[nH]2)cc1OC. The molecule has 0 aliphatic rings. The van der Waals surface area contributed by atoms with E-state index in [4.69, 9.17) is 9.47 Å². The van der Waals surface area contributed by atoms with E-state index in [-0.39, 0.29) is 5.03 Å². The fraction of sp³-hybridized carbons (Fsp3) is 0.250. The van der Waals surface area contributed by atoms with Gasteiger partial charge in [-0.05, 0) is 18.6 Å². The Morgan fingerprint density at radius 3 is 2.40 bits per heavy atom. The van der Waals surface area contributed by atoms with Crippen molar-refractivity contribution in [3.05, 3.63) is 30.2 Å². The molecule has 2 N–H and O–H groups in total. The molecule has 8 heteroatoms. The number of benzene rings is 1. The highest BCUT2D eigenvalue weighted by Crippen LogP contribution is 2.33. The van der Waals surface area contributed by atoms with Crippen LogP contribution in [0.25, 0.3) is 0 Å². The third-order valence-electron chi connectivity index (χ3n) is 2.74. The minimum atomic E-state index is -3.70. The fourth-order valence-electron chi connectivity index (χ4n) is 1.68. The Morgan fingerprint density at radius 2 is 1.85 bits per heavy atom. The lowest BCUT2D eigenvalue weighted by Gasteiger charge is -2.14. The second-order valence-corrected chi connectivity index (χ2v) is 5.69. The molecule has 0 atom stereocenters. The molecule has 0 bridgehead atoms.